The number of ether oxygens (including phenoxy) is 1. The lowest BCUT2D eigenvalue weighted by Gasteiger charge is -2.26. The van der Waals surface area contributed by atoms with Gasteiger partial charge in [0.05, 0.1) is 11.3 Å². The van der Waals surface area contributed by atoms with Crippen LogP contribution in [0, 0.1) is 0 Å². The van der Waals surface area contributed by atoms with Gasteiger partial charge in [0.2, 0.25) is 5.78 Å². The van der Waals surface area contributed by atoms with E-state index in [1.807, 2.05) is 18.2 Å². The highest BCUT2D eigenvalue weighted by atomic mass is 16.5. The average molecular weight is 470 g/mol. The first-order valence-corrected chi connectivity index (χ1v) is 11.9. The number of likely N-dealkylation sites (tertiary alicyclic amines) is 1. The maximum atomic E-state index is 13.0. The maximum absolute atomic E-state index is 13.0. The van der Waals surface area contributed by atoms with E-state index in [0.29, 0.717) is 34.5 Å². The van der Waals surface area contributed by atoms with Gasteiger partial charge < -0.3 is 15.0 Å². The monoisotopic (exact) mass is 469 g/mol. The standard InChI is InChI=1S/C28H27N3O4/c32-24-12-13-25(33)27-26(24)22(18-29-27)21-6-2-3-7-23(21)30-28(34)19-8-10-20(11-9-19)35-17-16-31-14-4-1-5-15-31/h2-3,6-13,18,29H,1,4-5,14-17H2,(H,30,34). The normalized spacial score (nSPS) is 15.7. The van der Waals surface area contributed by atoms with Crippen LogP contribution in [0.3, 0.4) is 0 Å². The van der Waals surface area contributed by atoms with Crippen LogP contribution in [0.5, 0.6) is 5.75 Å². The van der Waals surface area contributed by atoms with Crippen LogP contribution in [-0.4, -0.2) is 53.6 Å². The topological polar surface area (TPSA) is 91.5 Å². The van der Waals surface area contributed by atoms with Crippen molar-refractivity contribution in [3.05, 3.63) is 83.7 Å². The fourth-order valence-corrected chi connectivity index (χ4v) is 4.60. The second-order valence-electron chi connectivity index (χ2n) is 8.79. The summed E-state index contributed by atoms with van der Waals surface area (Å²) in [5.74, 6) is -0.0309. The van der Waals surface area contributed by atoms with Crippen molar-refractivity contribution in [2.75, 3.05) is 31.6 Å². The van der Waals surface area contributed by atoms with Crippen molar-refractivity contribution < 1.29 is 19.1 Å². The van der Waals surface area contributed by atoms with Crippen LogP contribution in [0.25, 0.3) is 11.1 Å². The number of hydrogen-bond acceptors (Lipinski definition) is 5. The van der Waals surface area contributed by atoms with Crippen LogP contribution in [0.15, 0.2) is 66.9 Å². The average Bonchev–Trinajstić information content (AvgIpc) is 3.34. The number of allylic oxidation sites excluding steroid dienone is 2. The molecule has 1 saturated heterocycles. The summed E-state index contributed by atoms with van der Waals surface area (Å²) in [6.07, 6.45) is 8.00. The first kappa shape index (κ1) is 22.8. The molecule has 0 saturated carbocycles. The van der Waals surface area contributed by atoms with Gasteiger partial charge in [0.15, 0.2) is 5.78 Å². The third-order valence-electron chi connectivity index (χ3n) is 6.47. The second-order valence-corrected chi connectivity index (χ2v) is 8.79. The van der Waals surface area contributed by atoms with Crippen molar-refractivity contribution in [2.24, 2.45) is 0 Å². The molecule has 2 N–H and O–H groups in total. The highest BCUT2D eigenvalue weighted by molar-refractivity contribution is 6.24. The summed E-state index contributed by atoms with van der Waals surface area (Å²) in [4.78, 5) is 42.9. The predicted octanol–water partition coefficient (Wildman–Crippen LogP) is 4.73. The molecule has 0 spiro atoms. The predicted molar refractivity (Wildman–Crippen MR) is 134 cm³/mol. The van der Waals surface area contributed by atoms with E-state index in [9.17, 15) is 14.4 Å². The molecule has 7 heteroatoms. The van der Waals surface area contributed by atoms with E-state index in [0.717, 1.165) is 25.4 Å². The van der Waals surface area contributed by atoms with Gasteiger partial charge in [0, 0.05) is 35.1 Å². The maximum Gasteiger partial charge on any atom is 0.255 e. The van der Waals surface area contributed by atoms with E-state index in [-0.39, 0.29) is 23.2 Å². The number of nitrogens with one attached hydrogen (secondary N) is 2. The molecule has 0 radical (unpaired) electrons. The van der Waals surface area contributed by atoms with Crippen molar-refractivity contribution in [3.63, 3.8) is 0 Å². The van der Waals surface area contributed by atoms with E-state index < -0.39 is 0 Å². The number of rotatable bonds is 7. The number of carbonyl (C=O) groups is 3. The third kappa shape index (κ3) is 4.95. The molecule has 1 aliphatic carbocycles. The van der Waals surface area contributed by atoms with Gasteiger partial charge in [0.25, 0.3) is 5.91 Å². The fourth-order valence-electron chi connectivity index (χ4n) is 4.60. The number of H-pyrrole nitrogens is 1. The van der Waals surface area contributed by atoms with E-state index in [4.69, 9.17) is 4.74 Å². The van der Waals surface area contributed by atoms with Gasteiger partial charge in [0.1, 0.15) is 12.4 Å². The summed E-state index contributed by atoms with van der Waals surface area (Å²) in [7, 11) is 0. The van der Waals surface area contributed by atoms with Gasteiger partial charge in [-0.15, -0.1) is 0 Å². The van der Waals surface area contributed by atoms with Gasteiger partial charge in [-0.05, 0) is 68.4 Å². The van der Waals surface area contributed by atoms with Gasteiger partial charge in [-0.2, -0.15) is 0 Å². The molecule has 1 amide bonds. The molecule has 0 unspecified atom stereocenters. The van der Waals surface area contributed by atoms with E-state index in [1.54, 1.807) is 36.5 Å². The summed E-state index contributed by atoms with van der Waals surface area (Å²) < 4.78 is 5.86. The number of hydrogen-bond donors (Lipinski definition) is 2. The Hall–Kier alpha value is -3.97. The first-order valence-electron chi connectivity index (χ1n) is 11.9. The lowest BCUT2D eigenvalue weighted by molar-refractivity contribution is 0.0992. The third-order valence-corrected chi connectivity index (χ3v) is 6.47. The number of ketones is 2. The van der Waals surface area contributed by atoms with E-state index >= 15 is 0 Å². The summed E-state index contributed by atoms with van der Waals surface area (Å²) in [5, 5.41) is 2.94. The SMILES string of the molecule is O=C(Nc1ccccc1-c1c[nH]c2c1C(=O)C=CC2=O)c1ccc(OCCN2CCCCC2)cc1. The lowest BCUT2D eigenvalue weighted by Crippen LogP contribution is -2.33. The lowest BCUT2D eigenvalue weighted by atomic mass is 9.94. The minimum absolute atomic E-state index is 0.243. The number of nitrogens with zero attached hydrogens (tertiary/aromatic N) is 1. The quantitative estimate of drug-likeness (QED) is 0.522. The minimum atomic E-state index is -0.274. The molecule has 2 aromatic carbocycles. The number of anilines is 1. The van der Waals surface area contributed by atoms with Crippen molar-refractivity contribution in [2.45, 2.75) is 19.3 Å². The van der Waals surface area contributed by atoms with Crippen LogP contribution in [0.2, 0.25) is 0 Å². The Balaban J connectivity index is 1.27. The Labute approximate surface area is 203 Å². The van der Waals surface area contributed by atoms with Crippen molar-refractivity contribution >= 4 is 23.2 Å². The number of amides is 1. The molecular formula is C28H27N3O4. The number of piperidine rings is 1. The molecule has 0 bridgehead atoms. The van der Waals surface area contributed by atoms with Crippen molar-refractivity contribution in [1.82, 2.24) is 9.88 Å². The molecule has 1 aliphatic heterocycles. The largest absolute Gasteiger partial charge is 0.492 e. The summed E-state index contributed by atoms with van der Waals surface area (Å²) >= 11 is 0. The zero-order valence-electron chi connectivity index (χ0n) is 19.4. The van der Waals surface area contributed by atoms with E-state index in [1.165, 1.54) is 31.4 Å². The van der Waals surface area contributed by atoms with Crippen molar-refractivity contribution in [1.29, 1.82) is 0 Å². The number of fused-ring (bicyclic) bond motifs is 1. The zero-order valence-corrected chi connectivity index (χ0v) is 19.4. The Kier molecular flexibility index (Phi) is 6.59. The van der Waals surface area contributed by atoms with Gasteiger partial charge in [-0.25, -0.2) is 0 Å². The molecule has 3 aromatic rings. The highest BCUT2D eigenvalue weighted by Crippen LogP contribution is 2.34. The molecule has 35 heavy (non-hydrogen) atoms. The van der Waals surface area contributed by atoms with Crippen molar-refractivity contribution in [3.8, 4) is 16.9 Å². The molecule has 2 heterocycles. The van der Waals surface area contributed by atoms with Crippen LogP contribution in [0.1, 0.15) is 50.5 Å². The Morgan fingerprint density at radius 3 is 2.46 bits per heavy atom. The second kappa shape index (κ2) is 10.1. The molecule has 5 rings (SSSR count). The van der Waals surface area contributed by atoms with Gasteiger partial charge >= 0.3 is 0 Å². The number of carbonyl (C=O) groups excluding carboxylic acids is 3. The first-order chi connectivity index (χ1) is 17.1. The smallest absolute Gasteiger partial charge is 0.255 e. The molecule has 178 valence electrons. The highest BCUT2D eigenvalue weighted by Gasteiger charge is 2.26. The van der Waals surface area contributed by atoms with Crippen LogP contribution in [-0.2, 0) is 0 Å². The summed E-state index contributed by atoms with van der Waals surface area (Å²) in [5.41, 5.74) is 2.88. The number of benzene rings is 2. The Bertz CT molecular complexity index is 1280. The van der Waals surface area contributed by atoms with Crippen LogP contribution < -0.4 is 10.1 Å². The molecule has 1 aromatic heterocycles. The molecule has 7 nitrogen and oxygen atoms in total. The minimum Gasteiger partial charge on any atom is -0.492 e. The Morgan fingerprint density at radius 2 is 1.66 bits per heavy atom. The zero-order chi connectivity index (χ0) is 24.2. The van der Waals surface area contributed by atoms with E-state index in [2.05, 4.69) is 15.2 Å². The molecule has 1 fully saturated rings. The Morgan fingerprint density at radius 1 is 0.914 bits per heavy atom. The molecule has 2 aliphatic rings. The fraction of sp³-hybridized carbons (Fsp3) is 0.250. The molecule has 0 atom stereocenters. The molecular weight excluding hydrogens is 442 g/mol. The van der Waals surface area contributed by atoms with Crippen LogP contribution >= 0.6 is 0 Å². The van der Waals surface area contributed by atoms with Crippen LogP contribution in [0.4, 0.5) is 5.69 Å². The summed E-state index contributed by atoms with van der Waals surface area (Å²) in [6, 6.07) is 14.3. The van der Waals surface area contributed by atoms with Gasteiger partial charge in [-0.3, -0.25) is 19.3 Å². The summed E-state index contributed by atoms with van der Waals surface area (Å²) in [6.45, 7) is 3.80. The number of aromatic amines is 1. The number of aromatic nitrogens is 1. The number of para-hydroxylation sites is 1. The van der Waals surface area contributed by atoms with Gasteiger partial charge in [-0.1, -0.05) is 24.6 Å².